The van der Waals surface area contributed by atoms with Gasteiger partial charge in [-0.25, -0.2) is 0 Å². The van der Waals surface area contributed by atoms with E-state index in [9.17, 15) is 0 Å². The topological polar surface area (TPSA) is 36.1 Å². The highest BCUT2D eigenvalue weighted by molar-refractivity contribution is 7.46. The third-order valence-corrected chi connectivity index (χ3v) is 3.35. The van der Waals surface area contributed by atoms with Crippen LogP contribution < -0.4 is 15.4 Å². The third-order valence-electron chi connectivity index (χ3n) is 1.30. The van der Waals surface area contributed by atoms with Crippen LogP contribution in [0.3, 0.4) is 0 Å². The molecule has 3 N–H and O–H groups in total. The van der Waals surface area contributed by atoms with Crippen molar-refractivity contribution in [2.75, 3.05) is 0 Å². The van der Waals surface area contributed by atoms with Crippen LogP contribution >= 0.6 is 22.2 Å². The van der Waals surface area contributed by atoms with Gasteiger partial charge in [0.15, 0.2) is 0 Å². The maximum Gasteiger partial charge on any atom is 0.284 e. The van der Waals surface area contributed by atoms with Gasteiger partial charge in [-0.3, -0.25) is 0 Å². The van der Waals surface area contributed by atoms with Crippen LogP contribution in [0.5, 0.6) is 0 Å². The molecule has 0 atom stereocenters. The number of hydrogen-bond acceptors (Lipinski definition) is 3. The molecule has 1 saturated heterocycles. The van der Waals surface area contributed by atoms with Crippen LogP contribution in [0.4, 0.5) is 0 Å². The fraction of sp³-hybridized carbons (Fsp3) is 1.00. The van der Waals surface area contributed by atoms with Gasteiger partial charge in [0.2, 0.25) is 6.69 Å². The Balaban J connectivity index is 2.24. The van der Waals surface area contributed by atoms with Crippen LogP contribution in [0.25, 0.3) is 0 Å². The van der Waals surface area contributed by atoms with Gasteiger partial charge in [-0.1, -0.05) is 0 Å². The van der Waals surface area contributed by atoms with E-state index >= 15 is 0 Å². The van der Waals surface area contributed by atoms with Gasteiger partial charge in [0.25, 0.3) is 22.1 Å². The van der Waals surface area contributed by atoms with Crippen molar-refractivity contribution in [2.45, 2.75) is 12.5 Å². The van der Waals surface area contributed by atoms with Gasteiger partial charge in [-0.2, -0.15) is 0 Å². The molecule has 0 amide bonds. The van der Waals surface area contributed by atoms with E-state index in [4.69, 9.17) is 22.2 Å². The Morgan fingerprint density at radius 2 is 1.91 bits per heavy atom. The highest BCUT2D eigenvalue weighted by Crippen LogP contribution is 2.19. The molecule has 2 radical (unpaired) electrons. The number of rotatable bonds is 2. The van der Waals surface area contributed by atoms with Crippen LogP contribution in [-0.2, 0) is 0 Å². The summed E-state index contributed by atoms with van der Waals surface area (Å²) in [6.07, 6.45) is 0. The molecule has 1 aliphatic rings. The number of nitrogens with one attached hydrogen (secondary N) is 3. The first-order valence-electron chi connectivity index (χ1n) is 3.37. The van der Waals surface area contributed by atoms with Gasteiger partial charge < -0.3 is 15.4 Å². The molecule has 3 nitrogen and oxygen atoms in total. The molecule has 0 unspecified atom stereocenters. The molecule has 0 saturated carbocycles. The van der Waals surface area contributed by atoms with Crippen molar-refractivity contribution in [1.82, 2.24) is 15.4 Å². The first-order chi connectivity index (χ1) is 5.08. The molecule has 0 bridgehead atoms. The summed E-state index contributed by atoms with van der Waals surface area (Å²) in [5, 5.41) is 8.98. The Hall–Kier alpha value is 0.872. The minimum absolute atomic E-state index is 0.169. The SMILES string of the molecule is C[Si](Cl)(Cl)CB1N[B]N[B]N1. The average molecular weight is 206 g/mol. The molecule has 1 rings (SSSR count). The minimum atomic E-state index is -1.99. The van der Waals surface area contributed by atoms with Gasteiger partial charge in [0, 0.05) is 0 Å². The van der Waals surface area contributed by atoms with Crippen molar-refractivity contribution in [3.8, 4) is 0 Å². The van der Waals surface area contributed by atoms with Crippen LogP contribution in [0.1, 0.15) is 0 Å². The van der Waals surface area contributed by atoms with E-state index in [1.54, 1.807) is 15.1 Å². The van der Waals surface area contributed by atoms with Crippen molar-refractivity contribution in [3.63, 3.8) is 0 Å². The summed E-state index contributed by atoms with van der Waals surface area (Å²) in [5.41, 5.74) is 0. The lowest BCUT2D eigenvalue weighted by molar-refractivity contribution is 1.22. The molecule has 0 aromatic carbocycles. The highest BCUT2D eigenvalue weighted by atomic mass is 35.7. The second-order valence-corrected chi connectivity index (χ2v) is 10.7. The fourth-order valence-corrected chi connectivity index (χ4v) is 2.74. The normalized spacial score (nSPS) is 19.0. The predicted molar refractivity (Wildman–Crippen MR) is 54.8 cm³/mol. The molecular weight excluding hydrogens is 197 g/mol. The molecule has 58 valence electrons. The second kappa shape index (κ2) is 4.21. The molecule has 0 aromatic rings. The summed E-state index contributed by atoms with van der Waals surface area (Å²) >= 11 is 11.9. The van der Waals surface area contributed by atoms with Gasteiger partial charge in [-0.15, -0.1) is 22.2 Å². The van der Waals surface area contributed by atoms with Crippen molar-refractivity contribution < 1.29 is 0 Å². The van der Waals surface area contributed by atoms with Gasteiger partial charge in [0.1, 0.15) is 0 Å². The summed E-state index contributed by atoms with van der Waals surface area (Å²) in [7, 11) is 3.52. The molecule has 11 heavy (non-hydrogen) atoms. The lowest BCUT2D eigenvalue weighted by atomic mass is 9.67. The van der Waals surface area contributed by atoms with E-state index in [2.05, 4.69) is 15.4 Å². The van der Waals surface area contributed by atoms with E-state index in [0.717, 1.165) is 5.94 Å². The van der Waals surface area contributed by atoms with Crippen LogP contribution in [0.15, 0.2) is 0 Å². The smallest absolute Gasteiger partial charge is 0.284 e. The summed E-state index contributed by atoms with van der Waals surface area (Å²) in [5.74, 6) is 0.783. The summed E-state index contributed by atoms with van der Waals surface area (Å²) in [4.78, 5) is 0. The monoisotopic (exact) mass is 205 g/mol. The molecule has 1 fully saturated rings. The summed E-state index contributed by atoms with van der Waals surface area (Å²) < 4.78 is 0. The molecule has 0 aromatic heterocycles. The van der Waals surface area contributed by atoms with Crippen LogP contribution in [0, 0.1) is 0 Å². The molecular formula is C2H8B3Cl2N3Si. The first kappa shape index (κ1) is 9.96. The Labute approximate surface area is 79.1 Å². The number of halogens is 2. The van der Waals surface area contributed by atoms with E-state index < -0.39 is 6.69 Å². The van der Waals surface area contributed by atoms with Crippen LogP contribution in [0.2, 0.25) is 12.5 Å². The lowest BCUT2D eigenvalue weighted by Crippen LogP contribution is -2.64. The Morgan fingerprint density at radius 3 is 2.36 bits per heavy atom. The Bertz CT molecular complexity index is 126. The zero-order chi connectivity index (χ0) is 8.32. The maximum absolute atomic E-state index is 5.94. The first-order valence-corrected chi connectivity index (χ1v) is 8.10. The molecule has 1 heterocycles. The summed E-state index contributed by atoms with van der Waals surface area (Å²) in [6, 6.07) is 0. The second-order valence-electron chi connectivity index (χ2n) is 2.62. The molecule has 9 heteroatoms. The minimum Gasteiger partial charge on any atom is -0.379 e. The van der Waals surface area contributed by atoms with Gasteiger partial charge in [-0.05, 0) is 12.5 Å². The van der Waals surface area contributed by atoms with E-state index in [-0.39, 0.29) is 6.98 Å². The van der Waals surface area contributed by atoms with Gasteiger partial charge in [0.05, 0.1) is 0 Å². The van der Waals surface area contributed by atoms with Crippen LogP contribution in [-0.4, -0.2) is 28.8 Å². The number of hydrogen-bond donors (Lipinski definition) is 3. The van der Waals surface area contributed by atoms with Crippen molar-refractivity contribution in [1.29, 1.82) is 0 Å². The third kappa shape index (κ3) is 4.45. The quantitative estimate of drug-likeness (QED) is 0.417. The maximum atomic E-state index is 5.94. The summed E-state index contributed by atoms with van der Waals surface area (Å²) in [6.45, 7) is 0.0807. The lowest BCUT2D eigenvalue weighted by Gasteiger charge is -2.23. The van der Waals surface area contributed by atoms with E-state index in [1.165, 1.54) is 0 Å². The van der Waals surface area contributed by atoms with Gasteiger partial charge >= 0.3 is 0 Å². The van der Waals surface area contributed by atoms with E-state index in [1.807, 2.05) is 6.55 Å². The average Bonchev–Trinajstić information content (AvgIpc) is 1.85. The van der Waals surface area contributed by atoms with Crippen molar-refractivity contribution in [3.05, 3.63) is 0 Å². The van der Waals surface area contributed by atoms with E-state index in [0.29, 0.717) is 0 Å². The molecule has 0 aliphatic carbocycles. The van der Waals surface area contributed by atoms with Crippen molar-refractivity contribution >= 4 is 50.9 Å². The zero-order valence-corrected chi connectivity index (χ0v) is 8.71. The Kier molecular flexibility index (Phi) is 3.81. The fourth-order valence-electron chi connectivity index (χ4n) is 0.863. The molecule has 0 spiro atoms. The Morgan fingerprint density at radius 1 is 1.36 bits per heavy atom. The molecule has 1 aliphatic heterocycles. The largest absolute Gasteiger partial charge is 0.379 e. The standard InChI is InChI=1S/C2H8B3Cl2N3Si/c1-11(6,7)2-5-9-3-8-4-10-5/h8-10H,2H2,1H3. The predicted octanol–water partition coefficient (Wildman–Crippen LogP) is -0.586. The highest BCUT2D eigenvalue weighted by Gasteiger charge is 2.30. The van der Waals surface area contributed by atoms with Crippen molar-refractivity contribution in [2.24, 2.45) is 0 Å². The zero-order valence-electron chi connectivity index (χ0n) is 6.20.